The van der Waals surface area contributed by atoms with Gasteiger partial charge in [0, 0.05) is 63.9 Å². The molecule has 6 nitrogen and oxygen atoms in total. The lowest BCUT2D eigenvalue weighted by atomic mass is 9.84. The van der Waals surface area contributed by atoms with Crippen molar-refractivity contribution >= 4 is 0 Å². The van der Waals surface area contributed by atoms with Crippen LogP contribution in [0.5, 0.6) is 0 Å². The predicted octanol–water partition coefficient (Wildman–Crippen LogP) is 8.09. The van der Waals surface area contributed by atoms with Crippen molar-refractivity contribution in [3.8, 4) is 0 Å². The summed E-state index contributed by atoms with van der Waals surface area (Å²) in [4.78, 5) is 11.2. The molecular formula is C40H78N4O2. The summed E-state index contributed by atoms with van der Waals surface area (Å²) in [5.74, 6) is 1.88. The number of unbranched alkanes of at least 4 members (excludes halogenated alkanes) is 1. The highest BCUT2D eigenvalue weighted by Gasteiger charge is 2.30. The molecule has 270 valence electrons. The van der Waals surface area contributed by atoms with Gasteiger partial charge in [0.2, 0.25) is 0 Å². The molecule has 2 saturated heterocycles. The van der Waals surface area contributed by atoms with Gasteiger partial charge in [0.05, 0.1) is 24.4 Å². The number of nitrogens with zero attached hydrogens (tertiary/aromatic N) is 4. The van der Waals surface area contributed by atoms with Crippen molar-refractivity contribution in [1.82, 2.24) is 19.6 Å². The fraction of sp³-hybridized carbons (Fsp3) is 1.00. The van der Waals surface area contributed by atoms with Gasteiger partial charge in [-0.3, -0.25) is 9.80 Å². The summed E-state index contributed by atoms with van der Waals surface area (Å²) in [5, 5.41) is 0. The van der Waals surface area contributed by atoms with Crippen LogP contribution in [0.25, 0.3) is 0 Å². The second-order valence-electron chi connectivity index (χ2n) is 16.9. The highest BCUT2D eigenvalue weighted by molar-refractivity contribution is 4.86. The van der Waals surface area contributed by atoms with Crippen molar-refractivity contribution in [2.75, 3.05) is 58.9 Å². The maximum absolute atomic E-state index is 6.09. The van der Waals surface area contributed by atoms with Gasteiger partial charge in [0.1, 0.15) is 0 Å². The summed E-state index contributed by atoms with van der Waals surface area (Å²) >= 11 is 0. The molecule has 6 heteroatoms. The fourth-order valence-electron chi connectivity index (χ4n) is 9.37. The maximum Gasteiger partial charge on any atom is 0.0578 e. The zero-order valence-electron chi connectivity index (χ0n) is 31.8. The first kappa shape index (κ1) is 38.6. The van der Waals surface area contributed by atoms with Crippen molar-refractivity contribution < 1.29 is 9.47 Å². The molecule has 46 heavy (non-hydrogen) atoms. The Kier molecular flexibility index (Phi) is 17.1. The third-order valence-electron chi connectivity index (χ3n) is 12.2. The maximum atomic E-state index is 6.09. The van der Waals surface area contributed by atoms with E-state index in [1.165, 1.54) is 155 Å². The standard InChI is InChI=1S/C40H78N4O2/c1-32(2)44-30-27-42(24-10-12-37-16-21-40(22-17-37)46-34(5)6)31-38(44)18-13-35(7)43-28-25-41(26-29-43)23-9-8-11-36-14-19-39(20-15-36)45-33(3)4/h32-40H,8-31H2,1-7H3/t35?,36?,37-,38-,39?,40-/m1/s1. The van der Waals surface area contributed by atoms with E-state index in [0.29, 0.717) is 36.5 Å². The van der Waals surface area contributed by atoms with Crippen molar-refractivity contribution in [2.24, 2.45) is 11.8 Å². The Hall–Kier alpha value is -0.240. The fourth-order valence-corrected chi connectivity index (χ4v) is 9.37. The third kappa shape index (κ3) is 13.6. The predicted molar refractivity (Wildman–Crippen MR) is 196 cm³/mol. The van der Waals surface area contributed by atoms with Crippen LogP contribution in [0.3, 0.4) is 0 Å². The van der Waals surface area contributed by atoms with Crippen LogP contribution < -0.4 is 0 Å². The molecule has 2 aliphatic heterocycles. The van der Waals surface area contributed by atoms with Crippen LogP contribution in [0.4, 0.5) is 0 Å². The number of hydrogen-bond donors (Lipinski definition) is 0. The molecule has 0 aromatic rings. The van der Waals surface area contributed by atoms with Crippen molar-refractivity contribution in [2.45, 2.75) is 187 Å². The minimum absolute atomic E-state index is 0.378. The quantitative estimate of drug-likeness (QED) is 0.140. The summed E-state index contributed by atoms with van der Waals surface area (Å²) < 4.78 is 12.1. The Morgan fingerprint density at radius 3 is 1.61 bits per heavy atom. The third-order valence-corrected chi connectivity index (χ3v) is 12.2. The number of hydrogen-bond acceptors (Lipinski definition) is 6. The molecule has 0 radical (unpaired) electrons. The van der Waals surface area contributed by atoms with E-state index in [9.17, 15) is 0 Å². The van der Waals surface area contributed by atoms with E-state index in [0.717, 1.165) is 17.9 Å². The van der Waals surface area contributed by atoms with E-state index >= 15 is 0 Å². The van der Waals surface area contributed by atoms with E-state index in [4.69, 9.17) is 9.47 Å². The number of ether oxygens (including phenoxy) is 2. The highest BCUT2D eigenvalue weighted by Crippen LogP contribution is 2.31. The van der Waals surface area contributed by atoms with E-state index in [-0.39, 0.29) is 0 Å². The molecule has 4 aliphatic rings. The molecule has 0 N–H and O–H groups in total. The largest absolute Gasteiger partial charge is 0.376 e. The van der Waals surface area contributed by atoms with Crippen LogP contribution in [-0.4, -0.2) is 121 Å². The normalized spacial score (nSPS) is 30.5. The van der Waals surface area contributed by atoms with Crippen LogP contribution in [0.2, 0.25) is 0 Å². The molecule has 2 aliphatic carbocycles. The Morgan fingerprint density at radius 1 is 0.543 bits per heavy atom. The topological polar surface area (TPSA) is 31.4 Å². The Morgan fingerprint density at radius 2 is 1.07 bits per heavy atom. The zero-order valence-corrected chi connectivity index (χ0v) is 31.8. The number of rotatable bonds is 18. The van der Waals surface area contributed by atoms with Gasteiger partial charge < -0.3 is 19.3 Å². The average molecular weight is 647 g/mol. The molecule has 2 atom stereocenters. The van der Waals surface area contributed by atoms with E-state index in [1.807, 2.05) is 0 Å². The van der Waals surface area contributed by atoms with Gasteiger partial charge in [0.15, 0.2) is 0 Å². The first-order valence-electron chi connectivity index (χ1n) is 20.4. The minimum Gasteiger partial charge on any atom is -0.376 e. The lowest BCUT2D eigenvalue weighted by molar-refractivity contribution is -0.0207. The van der Waals surface area contributed by atoms with E-state index < -0.39 is 0 Å². The lowest BCUT2D eigenvalue weighted by Crippen LogP contribution is -2.56. The van der Waals surface area contributed by atoms with E-state index in [1.54, 1.807) is 0 Å². The Labute approximate surface area is 286 Å². The van der Waals surface area contributed by atoms with Crippen LogP contribution in [0.1, 0.15) is 145 Å². The van der Waals surface area contributed by atoms with Crippen LogP contribution in [0.15, 0.2) is 0 Å². The molecule has 2 saturated carbocycles. The molecule has 0 bridgehead atoms. The molecule has 0 aromatic heterocycles. The second-order valence-corrected chi connectivity index (χ2v) is 16.9. The Bertz CT molecular complexity index is 784. The van der Waals surface area contributed by atoms with Gasteiger partial charge in [-0.15, -0.1) is 0 Å². The van der Waals surface area contributed by atoms with Crippen LogP contribution in [-0.2, 0) is 9.47 Å². The molecular weight excluding hydrogens is 568 g/mol. The lowest BCUT2D eigenvalue weighted by Gasteiger charge is -2.45. The van der Waals surface area contributed by atoms with Crippen LogP contribution in [0, 0.1) is 11.8 Å². The molecule has 2 heterocycles. The van der Waals surface area contributed by atoms with Gasteiger partial charge in [-0.1, -0.05) is 12.8 Å². The first-order chi connectivity index (χ1) is 22.2. The SMILES string of the molecule is CC(C)OC1CCC(CCCCN2CCN(C(C)CC[C@@H]3CN(CCC[C@H]4CC[C@H](OC(C)C)CC4)CCN3C(C)C)CC2)CC1. The molecule has 0 aromatic carbocycles. The summed E-state index contributed by atoms with van der Waals surface area (Å²) in [6.45, 7) is 27.5. The summed E-state index contributed by atoms with van der Waals surface area (Å²) in [5.41, 5.74) is 0. The molecule has 0 amide bonds. The minimum atomic E-state index is 0.378. The van der Waals surface area contributed by atoms with Crippen LogP contribution >= 0.6 is 0 Å². The summed E-state index contributed by atoms with van der Waals surface area (Å²) in [6.07, 6.45) is 22.2. The summed E-state index contributed by atoms with van der Waals surface area (Å²) in [6, 6.07) is 2.08. The van der Waals surface area contributed by atoms with Gasteiger partial charge >= 0.3 is 0 Å². The summed E-state index contributed by atoms with van der Waals surface area (Å²) in [7, 11) is 0. The van der Waals surface area contributed by atoms with Gasteiger partial charge in [-0.05, 0) is 157 Å². The highest BCUT2D eigenvalue weighted by atomic mass is 16.5. The van der Waals surface area contributed by atoms with Crippen molar-refractivity contribution in [3.63, 3.8) is 0 Å². The van der Waals surface area contributed by atoms with Crippen molar-refractivity contribution in [1.29, 1.82) is 0 Å². The first-order valence-corrected chi connectivity index (χ1v) is 20.4. The molecule has 4 fully saturated rings. The van der Waals surface area contributed by atoms with Gasteiger partial charge in [-0.25, -0.2) is 0 Å². The smallest absolute Gasteiger partial charge is 0.0578 e. The monoisotopic (exact) mass is 647 g/mol. The average Bonchev–Trinajstić information content (AvgIpc) is 3.03. The number of piperazine rings is 2. The van der Waals surface area contributed by atoms with Gasteiger partial charge in [-0.2, -0.15) is 0 Å². The Balaban J connectivity index is 1.07. The molecule has 4 rings (SSSR count). The van der Waals surface area contributed by atoms with E-state index in [2.05, 4.69) is 68.1 Å². The zero-order chi connectivity index (χ0) is 32.9. The van der Waals surface area contributed by atoms with Gasteiger partial charge in [0.25, 0.3) is 0 Å². The molecule has 1 unspecified atom stereocenters. The molecule has 0 spiro atoms. The second kappa shape index (κ2) is 20.4. The van der Waals surface area contributed by atoms with Crippen molar-refractivity contribution in [3.05, 3.63) is 0 Å².